The Balaban J connectivity index is 4.17. The Bertz CT molecular complexity index is 171. The van der Waals surface area contributed by atoms with Gasteiger partial charge in [-0.3, -0.25) is 10.1 Å². The van der Waals surface area contributed by atoms with E-state index in [9.17, 15) is 10.1 Å². The fraction of sp³-hybridized carbons (Fsp3) is 0.200. The SMILES string of the molecule is C=C(O)/C=C(\C)[N+](=O)[O-]. The van der Waals surface area contributed by atoms with E-state index in [2.05, 4.69) is 6.58 Å². The van der Waals surface area contributed by atoms with E-state index in [1.54, 1.807) is 0 Å². The van der Waals surface area contributed by atoms with E-state index in [-0.39, 0.29) is 11.5 Å². The molecule has 9 heavy (non-hydrogen) atoms. The fourth-order valence-corrected chi connectivity index (χ4v) is 0.294. The summed E-state index contributed by atoms with van der Waals surface area (Å²) >= 11 is 0. The minimum Gasteiger partial charge on any atom is -0.508 e. The molecule has 0 radical (unpaired) electrons. The highest BCUT2D eigenvalue weighted by Crippen LogP contribution is 1.96. The van der Waals surface area contributed by atoms with Gasteiger partial charge in [0.1, 0.15) is 5.76 Å². The quantitative estimate of drug-likeness (QED) is 0.264. The molecule has 1 N–H and O–H groups in total. The average Bonchev–Trinajstić information content (AvgIpc) is 1.63. The van der Waals surface area contributed by atoms with E-state index in [0.29, 0.717) is 0 Å². The molecule has 0 fully saturated rings. The summed E-state index contributed by atoms with van der Waals surface area (Å²) < 4.78 is 0. The van der Waals surface area contributed by atoms with Gasteiger partial charge in [-0.25, -0.2) is 0 Å². The van der Waals surface area contributed by atoms with Crippen LogP contribution in [0.1, 0.15) is 6.92 Å². The van der Waals surface area contributed by atoms with Gasteiger partial charge in [0.15, 0.2) is 0 Å². The van der Waals surface area contributed by atoms with Crippen LogP contribution in [0.5, 0.6) is 0 Å². The average molecular weight is 129 g/mol. The van der Waals surface area contributed by atoms with Crippen molar-refractivity contribution in [1.29, 1.82) is 0 Å². The Morgan fingerprint density at radius 1 is 1.89 bits per heavy atom. The van der Waals surface area contributed by atoms with E-state index >= 15 is 0 Å². The Labute approximate surface area is 52.3 Å². The maximum absolute atomic E-state index is 9.82. The molecule has 0 aromatic heterocycles. The molecule has 0 bridgehead atoms. The Hall–Kier alpha value is -1.32. The molecule has 0 aliphatic rings. The molecule has 0 spiro atoms. The van der Waals surface area contributed by atoms with E-state index in [1.807, 2.05) is 0 Å². The van der Waals surface area contributed by atoms with Crippen molar-refractivity contribution in [1.82, 2.24) is 0 Å². The van der Waals surface area contributed by atoms with Crippen LogP contribution in [0.15, 0.2) is 24.1 Å². The van der Waals surface area contributed by atoms with Crippen LogP contribution in [-0.2, 0) is 0 Å². The first-order valence-corrected chi connectivity index (χ1v) is 2.24. The molecule has 0 aliphatic heterocycles. The van der Waals surface area contributed by atoms with Gasteiger partial charge in [-0.15, -0.1) is 0 Å². The third kappa shape index (κ3) is 3.28. The van der Waals surface area contributed by atoms with Gasteiger partial charge < -0.3 is 5.11 Å². The van der Waals surface area contributed by atoms with Gasteiger partial charge in [0.2, 0.25) is 5.70 Å². The number of aliphatic hydroxyl groups is 1. The molecule has 0 aromatic carbocycles. The standard InChI is InChI=1S/C5H7NO3/c1-4(6(8)9)3-5(2)7/h3,7H,2H2,1H3/b4-3+. The monoisotopic (exact) mass is 129 g/mol. The molecule has 0 aliphatic carbocycles. The van der Waals surface area contributed by atoms with E-state index in [0.717, 1.165) is 6.08 Å². The van der Waals surface area contributed by atoms with E-state index in [4.69, 9.17) is 5.11 Å². The molecule has 0 atom stereocenters. The summed E-state index contributed by atoms with van der Waals surface area (Å²) in [7, 11) is 0. The maximum atomic E-state index is 9.82. The number of hydrogen-bond donors (Lipinski definition) is 1. The number of hydrogen-bond acceptors (Lipinski definition) is 3. The minimum absolute atomic E-state index is 0.123. The van der Waals surface area contributed by atoms with Crippen LogP contribution >= 0.6 is 0 Å². The smallest absolute Gasteiger partial charge is 0.246 e. The van der Waals surface area contributed by atoms with Gasteiger partial charge in [0, 0.05) is 6.92 Å². The molecule has 50 valence electrons. The van der Waals surface area contributed by atoms with Crippen molar-refractivity contribution in [3.63, 3.8) is 0 Å². The summed E-state index contributed by atoms with van der Waals surface area (Å²) in [6, 6.07) is 0. The second kappa shape index (κ2) is 2.86. The van der Waals surface area contributed by atoms with Crippen molar-refractivity contribution in [3.05, 3.63) is 34.2 Å². The van der Waals surface area contributed by atoms with Gasteiger partial charge in [0.25, 0.3) is 0 Å². The largest absolute Gasteiger partial charge is 0.508 e. The molecule has 0 aromatic rings. The zero-order chi connectivity index (χ0) is 7.44. The number of allylic oxidation sites excluding steroid dienone is 2. The van der Waals surface area contributed by atoms with Gasteiger partial charge in [-0.05, 0) is 0 Å². The van der Waals surface area contributed by atoms with Crippen molar-refractivity contribution < 1.29 is 10.0 Å². The predicted molar refractivity (Wildman–Crippen MR) is 32.5 cm³/mol. The highest BCUT2D eigenvalue weighted by atomic mass is 16.6. The van der Waals surface area contributed by atoms with Crippen LogP contribution in [0.3, 0.4) is 0 Å². The third-order valence-electron chi connectivity index (χ3n) is 0.663. The molecule has 4 nitrogen and oxygen atoms in total. The van der Waals surface area contributed by atoms with Crippen LogP contribution in [-0.4, -0.2) is 10.0 Å². The van der Waals surface area contributed by atoms with Crippen LogP contribution in [0.25, 0.3) is 0 Å². The second-order valence-electron chi connectivity index (χ2n) is 1.53. The lowest BCUT2D eigenvalue weighted by atomic mass is 10.4. The summed E-state index contributed by atoms with van der Waals surface area (Å²) in [6.45, 7) is 4.33. The second-order valence-corrected chi connectivity index (χ2v) is 1.53. The zero-order valence-corrected chi connectivity index (χ0v) is 5.00. The van der Waals surface area contributed by atoms with Crippen molar-refractivity contribution in [2.45, 2.75) is 6.92 Å². The summed E-state index contributed by atoms with van der Waals surface area (Å²) in [6.07, 6.45) is 0.986. The molecular weight excluding hydrogens is 122 g/mol. The summed E-state index contributed by atoms with van der Waals surface area (Å²) in [5.41, 5.74) is -0.123. The number of aliphatic hydroxyl groups excluding tert-OH is 1. The molecule has 0 saturated carbocycles. The van der Waals surface area contributed by atoms with Gasteiger partial charge in [0.05, 0.1) is 11.0 Å². The highest BCUT2D eigenvalue weighted by Gasteiger charge is 1.99. The molecule has 0 rings (SSSR count). The molecule has 4 heteroatoms. The number of rotatable bonds is 2. The number of nitro groups is 1. The van der Waals surface area contributed by atoms with Crippen LogP contribution in [0.2, 0.25) is 0 Å². The van der Waals surface area contributed by atoms with E-state index < -0.39 is 4.92 Å². The maximum Gasteiger partial charge on any atom is 0.246 e. The van der Waals surface area contributed by atoms with Crippen LogP contribution < -0.4 is 0 Å². The Morgan fingerprint density at radius 3 is 2.44 bits per heavy atom. The number of nitrogens with zero attached hydrogens (tertiary/aromatic N) is 1. The zero-order valence-electron chi connectivity index (χ0n) is 5.00. The first-order chi connectivity index (χ1) is 4.04. The molecule has 0 amide bonds. The van der Waals surface area contributed by atoms with Crippen LogP contribution in [0.4, 0.5) is 0 Å². The normalized spacial score (nSPS) is 11.0. The molecule has 0 unspecified atom stereocenters. The Morgan fingerprint density at radius 2 is 2.33 bits per heavy atom. The predicted octanol–water partition coefficient (Wildman–Crippen LogP) is 1.24. The lowest BCUT2D eigenvalue weighted by Crippen LogP contribution is -1.93. The van der Waals surface area contributed by atoms with Gasteiger partial charge in [-0.2, -0.15) is 0 Å². The van der Waals surface area contributed by atoms with Crippen molar-refractivity contribution >= 4 is 0 Å². The first kappa shape index (κ1) is 7.68. The summed E-state index contributed by atoms with van der Waals surface area (Å²) in [4.78, 5) is 9.22. The summed E-state index contributed by atoms with van der Waals surface area (Å²) in [5, 5.41) is 18.2. The van der Waals surface area contributed by atoms with Crippen molar-refractivity contribution in [2.24, 2.45) is 0 Å². The molecular formula is C5H7NO3. The Kier molecular flexibility index (Phi) is 2.44. The molecule has 0 heterocycles. The lowest BCUT2D eigenvalue weighted by Gasteiger charge is -1.86. The van der Waals surface area contributed by atoms with Crippen molar-refractivity contribution in [3.8, 4) is 0 Å². The topological polar surface area (TPSA) is 63.4 Å². The summed E-state index contributed by atoms with van der Waals surface area (Å²) in [5.74, 6) is -0.302. The minimum atomic E-state index is -0.596. The lowest BCUT2D eigenvalue weighted by molar-refractivity contribution is -0.424. The van der Waals surface area contributed by atoms with Gasteiger partial charge in [-0.1, -0.05) is 6.58 Å². The highest BCUT2D eigenvalue weighted by molar-refractivity contribution is 5.07. The first-order valence-electron chi connectivity index (χ1n) is 2.24. The molecule has 0 saturated heterocycles. The fourth-order valence-electron chi connectivity index (χ4n) is 0.294. The van der Waals surface area contributed by atoms with Crippen LogP contribution in [0, 0.1) is 10.1 Å². The van der Waals surface area contributed by atoms with Gasteiger partial charge >= 0.3 is 0 Å². The van der Waals surface area contributed by atoms with E-state index in [1.165, 1.54) is 6.92 Å². The third-order valence-corrected chi connectivity index (χ3v) is 0.663. The van der Waals surface area contributed by atoms with Crippen molar-refractivity contribution in [2.75, 3.05) is 0 Å².